The van der Waals surface area contributed by atoms with Crippen molar-refractivity contribution in [2.24, 2.45) is 5.10 Å². The largest absolute Gasteiger partial charge is 0.455 e. The topological polar surface area (TPSA) is 139 Å². The third kappa shape index (κ3) is 4.38. The zero-order valence-electron chi connectivity index (χ0n) is 17.2. The van der Waals surface area contributed by atoms with Crippen molar-refractivity contribution < 1.29 is 18.8 Å². The van der Waals surface area contributed by atoms with Crippen LogP contribution < -0.4 is 16.3 Å². The van der Waals surface area contributed by atoms with Crippen molar-refractivity contribution >= 4 is 23.4 Å². The Kier molecular flexibility index (Phi) is 6.02. The lowest BCUT2D eigenvalue weighted by Crippen LogP contribution is -2.41. The number of hydrogen-bond donors (Lipinski definition) is 3. The Bertz CT molecular complexity index is 1190. The predicted octanol–water partition coefficient (Wildman–Crippen LogP) is 1.92. The summed E-state index contributed by atoms with van der Waals surface area (Å²) < 4.78 is 5.78. The standard InChI is InChI=1S/C22H20N6O4/c1-13-18-15(25-27-21(30)16-5-2-3-10-24-16)6-4-7-17(18)32-19(13)22(31)28-26-20(29)14-8-11-23-12-9-14/h2-3,5,8-12H,4,6-7H2,1H3,(H,26,29)(H,27,30)(H,28,31)/b25-15+. The minimum absolute atomic E-state index is 0.0793. The highest BCUT2D eigenvalue weighted by molar-refractivity contribution is 6.07. The van der Waals surface area contributed by atoms with E-state index in [2.05, 4.69) is 31.3 Å². The number of hydrazone groups is 1. The van der Waals surface area contributed by atoms with E-state index in [0.717, 1.165) is 6.42 Å². The molecule has 0 saturated carbocycles. The number of fused-ring (bicyclic) bond motifs is 1. The van der Waals surface area contributed by atoms with Gasteiger partial charge in [0, 0.05) is 41.7 Å². The van der Waals surface area contributed by atoms with Gasteiger partial charge in [0.05, 0.1) is 5.71 Å². The SMILES string of the molecule is Cc1c(C(=O)NNC(=O)c2ccncc2)oc2c1/C(=N/NC(=O)c1ccccn1)CCC2. The number of hydrogen-bond acceptors (Lipinski definition) is 7. The number of nitrogens with zero attached hydrogens (tertiary/aromatic N) is 3. The summed E-state index contributed by atoms with van der Waals surface area (Å²) in [6.45, 7) is 1.74. The number of aryl methyl sites for hydroxylation is 1. The van der Waals surface area contributed by atoms with Crippen LogP contribution in [-0.4, -0.2) is 33.4 Å². The molecule has 0 saturated heterocycles. The van der Waals surface area contributed by atoms with Gasteiger partial charge in [0.15, 0.2) is 5.76 Å². The van der Waals surface area contributed by atoms with Crippen molar-refractivity contribution in [3.05, 3.63) is 82.8 Å². The molecule has 32 heavy (non-hydrogen) atoms. The average Bonchev–Trinajstić information content (AvgIpc) is 3.19. The number of nitrogens with one attached hydrogen (secondary N) is 3. The van der Waals surface area contributed by atoms with Crippen LogP contribution in [0.15, 0.2) is 58.4 Å². The Morgan fingerprint density at radius 2 is 1.75 bits per heavy atom. The molecule has 0 spiro atoms. The Hall–Kier alpha value is -4.34. The molecule has 1 aliphatic carbocycles. The van der Waals surface area contributed by atoms with Crippen molar-refractivity contribution in [1.82, 2.24) is 26.2 Å². The van der Waals surface area contributed by atoms with E-state index in [9.17, 15) is 14.4 Å². The zero-order chi connectivity index (χ0) is 22.5. The third-order valence-corrected chi connectivity index (χ3v) is 4.95. The second kappa shape index (κ2) is 9.21. The van der Waals surface area contributed by atoms with Gasteiger partial charge < -0.3 is 4.42 Å². The minimum Gasteiger partial charge on any atom is -0.455 e. The highest BCUT2D eigenvalue weighted by atomic mass is 16.4. The molecular formula is C22H20N6O4. The molecule has 3 N–H and O–H groups in total. The number of carbonyl (C=O) groups excluding carboxylic acids is 3. The summed E-state index contributed by atoms with van der Waals surface area (Å²) >= 11 is 0. The van der Waals surface area contributed by atoms with Crippen molar-refractivity contribution in [2.75, 3.05) is 0 Å². The molecule has 0 unspecified atom stereocenters. The van der Waals surface area contributed by atoms with Crippen LogP contribution in [0.3, 0.4) is 0 Å². The average molecular weight is 432 g/mol. The molecule has 1 aliphatic rings. The molecule has 0 atom stereocenters. The fraction of sp³-hybridized carbons (Fsp3) is 0.182. The molecule has 0 aliphatic heterocycles. The Balaban J connectivity index is 1.48. The molecule has 0 fully saturated rings. The summed E-state index contributed by atoms with van der Waals surface area (Å²) in [6, 6.07) is 8.08. The van der Waals surface area contributed by atoms with E-state index in [-0.39, 0.29) is 11.5 Å². The van der Waals surface area contributed by atoms with Gasteiger partial charge in [-0.3, -0.25) is 35.2 Å². The van der Waals surface area contributed by atoms with Crippen LogP contribution in [0.5, 0.6) is 0 Å². The fourth-order valence-corrected chi connectivity index (χ4v) is 3.42. The van der Waals surface area contributed by atoms with Gasteiger partial charge in [0.25, 0.3) is 11.8 Å². The van der Waals surface area contributed by atoms with Crippen LogP contribution in [0, 0.1) is 6.92 Å². The second-order valence-corrected chi connectivity index (χ2v) is 7.07. The van der Waals surface area contributed by atoms with E-state index in [4.69, 9.17) is 4.42 Å². The quantitative estimate of drug-likeness (QED) is 0.539. The molecule has 0 radical (unpaired) electrons. The lowest BCUT2D eigenvalue weighted by Gasteiger charge is -2.13. The Morgan fingerprint density at radius 1 is 0.969 bits per heavy atom. The van der Waals surface area contributed by atoms with Crippen molar-refractivity contribution in [2.45, 2.75) is 26.2 Å². The van der Waals surface area contributed by atoms with Crippen LogP contribution in [0.2, 0.25) is 0 Å². The molecule has 3 aromatic rings. The molecule has 162 valence electrons. The lowest BCUT2D eigenvalue weighted by molar-refractivity contribution is 0.0829. The summed E-state index contributed by atoms with van der Waals surface area (Å²) in [4.78, 5) is 44.9. The number of pyridine rings is 2. The van der Waals surface area contributed by atoms with E-state index >= 15 is 0 Å². The molecular weight excluding hydrogens is 412 g/mol. The molecule has 0 aromatic carbocycles. The molecule has 3 aromatic heterocycles. The molecule has 10 nitrogen and oxygen atoms in total. The molecule has 0 bridgehead atoms. The number of rotatable bonds is 4. The van der Waals surface area contributed by atoms with E-state index < -0.39 is 17.7 Å². The molecule has 10 heteroatoms. The monoisotopic (exact) mass is 432 g/mol. The smallest absolute Gasteiger partial charge is 0.305 e. The first-order valence-electron chi connectivity index (χ1n) is 9.96. The first kappa shape index (κ1) is 20.9. The van der Waals surface area contributed by atoms with Gasteiger partial charge in [0.2, 0.25) is 0 Å². The van der Waals surface area contributed by atoms with E-state index in [1.165, 1.54) is 30.7 Å². The van der Waals surface area contributed by atoms with Crippen molar-refractivity contribution in [1.29, 1.82) is 0 Å². The van der Waals surface area contributed by atoms with Gasteiger partial charge in [-0.1, -0.05) is 6.07 Å². The number of hydrazine groups is 1. The Morgan fingerprint density at radius 3 is 2.50 bits per heavy atom. The molecule has 4 rings (SSSR count). The van der Waals surface area contributed by atoms with Crippen molar-refractivity contribution in [3.63, 3.8) is 0 Å². The Labute approximate surface area is 183 Å². The number of amides is 3. The highest BCUT2D eigenvalue weighted by Gasteiger charge is 2.28. The second-order valence-electron chi connectivity index (χ2n) is 7.07. The first-order chi connectivity index (χ1) is 15.5. The van der Waals surface area contributed by atoms with Gasteiger partial charge in [-0.25, -0.2) is 5.43 Å². The van der Waals surface area contributed by atoms with Crippen LogP contribution in [0.1, 0.15) is 61.1 Å². The fourth-order valence-electron chi connectivity index (χ4n) is 3.42. The molecule has 3 amide bonds. The number of carbonyl (C=O) groups is 3. The van der Waals surface area contributed by atoms with Crippen LogP contribution in [0.4, 0.5) is 0 Å². The van der Waals surface area contributed by atoms with Gasteiger partial charge in [0.1, 0.15) is 11.5 Å². The van der Waals surface area contributed by atoms with E-state index in [0.29, 0.717) is 41.0 Å². The summed E-state index contributed by atoms with van der Waals surface area (Å²) in [6.07, 6.45) is 6.51. The maximum atomic E-state index is 12.6. The maximum Gasteiger partial charge on any atom is 0.305 e. The lowest BCUT2D eigenvalue weighted by atomic mass is 9.93. The van der Waals surface area contributed by atoms with Gasteiger partial charge in [-0.15, -0.1) is 0 Å². The predicted molar refractivity (Wildman–Crippen MR) is 114 cm³/mol. The van der Waals surface area contributed by atoms with Crippen LogP contribution >= 0.6 is 0 Å². The summed E-state index contributed by atoms with van der Waals surface area (Å²) in [5.74, 6) is -0.797. The number of aromatic nitrogens is 2. The van der Waals surface area contributed by atoms with E-state index in [1.807, 2.05) is 0 Å². The van der Waals surface area contributed by atoms with Crippen molar-refractivity contribution in [3.8, 4) is 0 Å². The minimum atomic E-state index is -0.587. The van der Waals surface area contributed by atoms with E-state index in [1.54, 1.807) is 25.1 Å². The first-order valence-corrected chi connectivity index (χ1v) is 9.96. The molecule has 3 heterocycles. The van der Waals surface area contributed by atoms with Gasteiger partial charge >= 0.3 is 5.91 Å². The zero-order valence-corrected chi connectivity index (χ0v) is 17.2. The number of furan rings is 1. The van der Waals surface area contributed by atoms with Crippen LogP contribution in [-0.2, 0) is 6.42 Å². The summed E-state index contributed by atoms with van der Waals surface area (Å²) in [5, 5.41) is 4.26. The summed E-state index contributed by atoms with van der Waals surface area (Å²) in [7, 11) is 0. The van der Waals surface area contributed by atoms with Gasteiger partial charge in [-0.05, 0) is 44.0 Å². The van der Waals surface area contributed by atoms with Crippen LogP contribution in [0.25, 0.3) is 0 Å². The third-order valence-electron chi connectivity index (χ3n) is 4.95. The van der Waals surface area contributed by atoms with Gasteiger partial charge in [-0.2, -0.15) is 5.10 Å². The normalized spacial score (nSPS) is 13.8. The summed E-state index contributed by atoms with van der Waals surface area (Å²) in [5.41, 5.74) is 9.74. The highest BCUT2D eigenvalue weighted by Crippen LogP contribution is 2.29. The maximum absolute atomic E-state index is 12.6.